The topological polar surface area (TPSA) is 36.9 Å². The van der Waals surface area contributed by atoms with Gasteiger partial charge in [-0.2, -0.15) is 5.10 Å². The van der Waals surface area contributed by atoms with Gasteiger partial charge in [0.25, 0.3) is 0 Å². The van der Waals surface area contributed by atoms with Crippen LogP contribution in [0.1, 0.15) is 63.5 Å². The summed E-state index contributed by atoms with van der Waals surface area (Å²) in [5.74, 6) is 0. The molecule has 1 unspecified atom stereocenters. The van der Waals surface area contributed by atoms with Gasteiger partial charge in [-0.3, -0.25) is 10.00 Å². The van der Waals surface area contributed by atoms with Crippen molar-refractivity contribution in [1.82, 2.24) is 19.7 Å². The fraction of sp³-hybridized carbons (Fsp3) is 0.611. The first-order chi connectivity index (χ1) is 10.5. The molecule has 22 heavy (non-hydrogen) atoms. The van der Waals surface area contributed by atoms with E-state index in [1.54, 1.807) is 0 Å². The summed E-state index contributed by atoms with van der Waals surface area (Å²) in [6.07, 6.45) is 6.65. The van der Waals surface area contributed by atoms with Crippen LogP contribution in [-0.2, 0) is 18.5 Å². The third-order valence-corrected chi connectivity index (χ3v) is 4.68. The van der Waals surface area contributed by atoms with Crippen LogP contribution in [0.4, 0.5) is 0 Å². The smallest absolute Gasteiger partial charge is 0.0535 e. The highest BCUT2D eigenvalue weighted by Gasteiger charge is 2.28. The lowest BCUT2D eigenvalue weighted by Crippen LogP contribution is -2.37. The molecular formula is C18H28N4. The number of hydrogen-bond donors (Lipinski definition) is 1. The number of rotatable bonds is 4. The zero-order valence-electron chi connectivity index (χ0n) is 14.3. The second-order valence-corrected chi connectivity index (χ2v) is 7.42. The van der Waals surface area contributed by atoms with Gasteiger partial charge in [0.05, 0.1) is 12.2 Å². The first kappa shape index (κ1) is 15.3. The average Bonchev–Trinajstić information content (AvgIpc) is 3.09. The molecule has 0 amide bonds. The molecule has 120 valence electrons. The van der Waals surface area contributed by atoms with Crippen molar-refractivity contribution >= 4 is 0 Å². The monoisotopic (exact) mass is 300 g/mol. The minimum Gasteiger partial charge on any atom is -0.349 e. The maximum Gasteiger partial charge on any atom is 0.0535 e. The van der Waals surface area contributed by atoms with Crippen LogP contribution in [0.25, 0.3) is 0 Å². The molecule has 0 radical (unpaired) electrons. The standard InChI is InChI=1S/C18H28N4/c1-5-7-15-16-8-6-9-21(16)10-11-22(15)13-14-12-19-20-17(14)18(2,3)4/h6,8-9,12,15H,5,7,10-11,13H2,1-4H3,(H,19,20). The van der Waals surface area contributed by atoms with Crippen LogP contribution >= 0.6 is 0 Å². The lowest BCUT2D eigenvalue weighted by molar-refractivity contribution is 0.138. The zero-order chi connectivity index (χ0) is 15.7. The van der Waals surface area contributed by atoms with Gasteiger partial charge < -0.3 is 4.57 Å². The van der Waals surface area contributed by atoms with E-state index in [9.17, 15) is 0 Å². The molecule has 1 N–H and O–H groups in total. The fourth-order valence-corrected chi connectivity index (χ4v) is 3.60. The van der Waals surface area contributed by atoms with Crippen LogP contribution < -0.4 is 0 Å². The van der Waals surface area contributed by atoms with Gasteiger partial charge in [0.1, 0.15) is 0 Å². The molecule has 0 saturated carbocycles. The van der Waals surface area contributed by atoms with E-state index in [4.69, 9.17) is 0 Å². The SMILES string of the molecule is CCCC1c2cccn2CCN1Cc1cn[nH]c1C(C)(C)C. The number of fused-ring (bicyclic) bond motifs is 1. The van der Waals surface area contributed by atoms with E-state index in [1.807, 2.05) is 6.20 Å². The van der Waals surface area contributed by atoms with Crippen molar-refractivity contribution in [3.63, 3.8) is 0 Å². The van der Waals surface area contributed by atoms with Crippen molar-refractivity contribution < 1.29 is 0 Å². The first-order valence-electron chi connectivity index (χ1n) is 8.42. The van der Waals surface area contributed by atoms with Crippen molar-refractivity contribution in [2.24, 2.45) is 0 Å². The lowest BCUT2D eigenvalue weighted by Gasteiger charge is -2.37. The Balaban J connectivity index is 1.85. The highest BCUT2D eigenvalue weighted by atomic mass is 15.2. The maximum atomic E-state index is 4.30. The van der Waals surface area contributed by atoms with Gasteiger partial charge in [-0.15, -0.1) is 0 Å². The van der Waals surface area contributed by atoms with Crippen LogP contribution in [0.5, 0.6) is 0 Å². The molecule has 2 aromatic heterocycles. The van der Waals surface area contributed by atoms with Crippen molar-refractivity contribution in [2.75, 3.05) is 6.54 Å². The number of H-pyrrole nitrogens is 1. The second kappa shape index (κ2) is 5.92. The molecule has 3 heterocycles. The molecule has 0 spiro atoms. The van der Waals surface area contributed by atoms with E-state index in [-0.39, 0.29) is 5.41 Å². The largest absolute Gasteiger partial charge is 0.349 e. The summed E-state index contributed by atoms with van der Waals surface area (Å²) in [5.41, 5.74) is 4.19. The molecule has 0 saturated heterocycles. The molecule has 4 nitrogen and oxygen atoms in total. The number of aromatic nitrogens is 3. The summed E-state index contributed by atoms with van der Waals surface area (Å²) in [6.45, 7) is 12.2. The molecular weight excluding hydrogens is 272 g/mol. The third kappa shape index (κ3) is 2.84. The van der Waals surface area contributed by atoms with Gasteiger partial charge in [0.15, 0.2) is 0 Å². The molecule has 0 bridgehead atoms. The minimum absolute atomic E-state index is 0.113. The minimum atomic E-state index is 0.113. The van der Waals surface area contributed by atoms with E-state index in [2.05, 4.69) is 65.7 Å². The first-order valence-corrected chi connectivity index (χ1v) is 8.42. The van der Waals surface area contributed by atoms with Crippen LogP contribution in [-0.4, -0.2) is 26.2 Å². The predicted molar refractivity (Wildman–Crippen MR) is 89.8 cm³/mol. The zero-order valence-corrected chi connectivity index (χ0v) is 14.3. The predicted octanol–water partition coefficient (Wildman–Crippen LogP) is 3.87. The Morgan fingerprint density at radius 2 is 2.14 bits per heavy atom. The van der Waals surface area contributed by atoms with Gasteiger partial charge in [-0.25, -0.2) is 0 Å². The molecule has 0 aliphatic carbocycles. The van der Waals surface area contributed by atoms with E-state index >= 15 is 0 Å². The summed E-state index contributed by atoms with van der Waals surface area (Å²) in [4.78, 5) is 2.62. The average molecular weight is 300 g/mol. The normalized spacial score (nSPS) is 19.4. The summed E-state index contributed by atoms with van der Waals surface area (Å²) in [6, 6.07) is 4.99. The molecule has 2 aromatic rings. The third-order valence-electron chi connectivity index (χ3n) is 4.68. The molecule has 0 aromatic carbocycles. The van der Waals surface area contributed by atoms with Gasteiger partial charge in [-0.1, -0.05) is 34.1 Å². The van der Waals surface area contributed by atoms with Gasteiger partial charge in [0, 0.05) is 48.2 Å². The Kier molecular flexibility index (Phi) is 4.13. The molecule has 1 aliphatic rings. The van der Waals surface area contributed by atoms with Gasteiger partial charge in [-0.05, 0) is 18.6 Å². The maximum absolute atomic E-state index is 4.30. The van der Waals surface area contributed by atoms with Gasteiger partial charge >= 0.3 is 0 Å². The van der Waals surface area contributed by atoms with E-state index in [0.29, 0.717) is 6.04 Å². The number of aromatic amines is 1. The molecule has 1 aliphatic heterocycles. The highest BCUT2D eigenvalue weighted by molar-refractivity contribution is 5.24. The van der Waals surface area contributed by atoms with Crippen molar-refractivity contribution in [3.8, 4) is 0 Å². The summed E-state index contributed by atoms with van der Waals surface area (Å²) < 4.78 is 2.41. The number of nitrogens with zero attached hydrogens (tertiary/aromatic N) is 3. The summed E-state index contributed by atoms with van der Waals surface area (Å²) in [7, 11) is 0. The quantitative estimate of drug-likeness (QED) is 0.930. The van der Waals surface area contributed by atoms with Gasteiger partial charge in [0.2, 0.25) is 0 Å². The Morgan fingerprint density at radius 3 is 2.86 bits per heavy atom. The van der Waals surface area contributed by atoms with Crippen LogP contribution in [0.15, 0.2) is 24.5 Å². The second-order valence-electron chi connectivity index (χ2n) is 7.42. The molecule has 4 heteroatoms. The van der Waals surface area contributed by atoms with Crippen molar-refractivity contribution in [3.05, 3.63) is 41.5 Å². The van der Waals surface area contributed by atoms with Crippen LogP contribution in [0.2, 0.25) is 0 Å². The lowest BCUT2D eigenvalue weighted by atomic mass is 9.89. The van der Waals surface area contributed by atoms with Crippen molar-refractivity contribution in [1.29, 1.82) is 0 Å². The molecule has 1 atom stereocenters. The van der Waals surface area contributed by atoms with E-state index < -0.39 is 0 Å². The van der Waals surface area contributed by atoms with Crippen LogP contribution in [0, 0.1) is 0 Å². The summed E-state index contributed by atoms with van der Waals surface area (Å²) >= 11 is 0. The van der Waals surface area contributed by atoms with E-state index in [0.717, 1.165) is 19.6 Å². The number of hydrogen-bond acceptors (Lipinski definition) is 2. The molecule has 3 rings (SSSR count). The Labute approximate surface area is 133 Å². The number of nitrogens with one attached hydrogen (secondary N) is 1. The summed E-state index contributed by atoms with van der Waals surface area (Å²) in [5, 5.41) is 7.52. The Morgan fingerprint density at radius 1 is 1.32 bits per heavy atom. The van der Waals surface area contributed by atoms with Crippen LogP contribution in [0.3, 0.4) is 0 Å². The van der Waals surface area contributed by atoms with Crippen molar-refractivity contribution in [2.45, 2.75) is 65.1 Å². The Bertz CT molecular complexity index is 617. The van der Waals surface area contributed by atoms with E-state index in [1.165, 1.54) is 29.8 Å². The highest BCUT2D eigenvalue weighted by Crippen LogP contribution is 2.33. The molecule has 0 fully saturated rings. The fourth-order valence-electron chi connectivity index (χ4n) is 3.60. The Hall–Kier alpha value is -1.55.